The number of carbonyl (C=O) groups is 1. The number of thiophene rings is 1. The predicted octanol–water partition coefficient (Wildman–Crippen LogP) is 4.76. The van der Waals surface area contributed by atoms with E-state index in [9.17, 15) is 9.90 Å². The molecule has 0 aliphatic rings. The number of hydrogen-bond donors (Lipinski definition) is 2. The number of benzene rings is 1. The molecule has 2 heterocycles. The van der Waals surface area contributed by atoms with Crippen molar-refractivity contribution in [3.63, 3.8) is 0 Å². The lowest BCUT2D eigenvalue weighted by molar-refractivity contribution is -0.139. The van der Waals surface area contributed by atoms with Gasteiger partial charge in [-0.15, -0.1) is 11.3 Å². The van der Waals surface area contributed by atoms with Gasteiger partial charge in [-0.1, -0.05) is 57.5 Å². The van der Waals surface area contributed by atoms with Crippen LogP contribution in [0.3, 0.4) is 0 Å². The van der Waals surface area contributed by atoms with Crippen LogP contribution in [0.5, 0.6) is 0 Å². The van der Waals surface area contributed by atoms with Crippen molar-refractivity contribution in [2.75, 3.05) is 5.32 Å². The van der Waals surface area contributed by atoms with Crippen LogP contribution in [0, 0.1) is 5.92 Å². The first-order chi connectivity index (χ1) is 13.0. The Hall–Kier alpha value is -2.47. The fourth-order valence-corrected chi connectivity index (χ4v) is 3.97. The molecule has 3 rings (SSSR count). The molecule has 0 amide bonds. The number of rotatable bonds is 8. The van der Waals surface area contributed by atoms with Crippen LogP contribution in [-0.4, -0.2) is 27.1 Å². The molecule has 0 aliphatic carbocycles. The van der Waals surface area contributed by atoms with Gasteiger partial charge in [0.05, 0.1) is 5.39 Å². The number of carboxylic acids is 1. The summed E-state index contributed by atoms with van der Waals surface area (Å²) in [6, 6.07) is 11.5. The summed E-state index contributed by atoms with van der Waals surface area (Å²) in [5.41, 5.74) is 1.13. The molecule has 0 bridgehead atoms. The number of carboxylic acid groups (broad SMARTS) is 1. The van der Waals surface area contributed by atoms with E-state index in [0.717, 1.165) is 28.6 Å². The highest BCUT2D eigenvalue weighted by molar-refractivity contribution is 7.18. The third kappa shape index (κ3) is 4.45. The van der Waals surface area contributed by atoms with Crippen molar-refractivity contribution in [2.45, 2.75) is 46.1 Å². The monoisotopic (exact) mass is 383 g/mol. The van der Waals surface area contributed by atoms with Crippen molar-refractivity contribution in [1.29, 1.82) is 0 Å². The molecule has 0 fully saturated rings. The summed E-state index contributed by atoms with van der Waals surface area (Å²) in [6.07, 6.45) is 2.31. The fraction of sp³-hybridized carbons (Fsp3) is 0.381. The van der Waals surface area contributed by atoms with E-state index in [0.29, 0.717) is 18.1 Å². The van der Waals surface area contributed by atoms with Crippen LogP contribution in [-0.2, 0) is 17.6 Å². The van der Waals surface area contributed by atoms with Gasteiger partial charge in [-0.2, -0.15) is 0 Å². The van der Waals surface area contributed by atoms with Crippen LogP contribution >= 0.6 is 11.3 Å². The highest BCUT2D eigenvalue weighted by Gasteiger charge is 2.25. The van der Waals surface area contributed by atoms with Crippen molar-refractivity contribution < 1.29 is 9.90 Å². The lowest BCUT2D eigenvalue weighted by Crippen LogP contribution is -2.35. The van der Waals surface area contributed by atoms with E-state index in [-0.39, 0.29) is 5.92 Å². The Morgan fingerprint density at radius 3 is 2.59 bits per heavy atom. The first-order valence-corrected chi connectivity index (χ1v) is 10.2. The quantitative estimate of drug-likeness (QED) is 0.587. The minimum atomic E-state index is -0.855. The average molecular weight is 384 g/mol. The molecule has 6 heteroatoms. The summed E-state index contributed by atoms with van der Waals surface area (Å²) in [5.74, 6) is 0.463. The van der Waals surface area contributed by atoms with Crippen LogP contribution in [0.25, 0.3) is 10.2 Å². The molecular weight excluding hydrogens is 358 g/mol. The van der Waals surface area contributed by atoms with E-state index in [1.807, 2.05) is 44.2 Å². The summed E-state index contributed by atoms with van der Waals surface area (Å²) in [6.45, 7) is 6.05. The number of nitrogens with one attached hydrogen (secondary N) is 1. The molecule has 2 unspecified atom stereocenters. The summed E-state index contributed by atoms with van der Waals surface area (Å²) >= 11 is 1.65. The van der Waals surface area contributed by atoms with Gasteiger partial charge in [-0.05, 0) is 24.0 Å². The lowest BCUT2D eigenvalue weighted by atomic mass is 9.99. The highest BCUT2D eigenvalue weighted by Crippen LogP contribution is 2.31. The van der Waals surface area contributed by atoms with Gasteiger partial charge < -0.3 is 10.4 Å². The number of aromatic nitrogens is 2. The van der Waals surface area contributed by atoms with Gasteiger partial charge in [0.1, 0.15) is 22.5 Å². The molecule has 27 heavy (non-hydrogen) atoms. The maximum absolute atomic E-state index is 11.8. The van der Waals surface area contributed by atoms with Crippen LogP contribution in [0.1, 0.15) is 43.5 Å². The van der Waals surface area contributed by atoms with E-state index in [4.69, 9.17) is 9.97 Å². The van der Waals surface area contributed by atoms with Crippen molar-refractivity contribution in [3.8, 4) is 0 Å². The first-order valence-electron chi connectivity index (χ1n) is 9.34. The SMILES string of the molecule is CCc1cc2c(NC(C(=O)O)C(C)CC)nc(Cc3ccccc3)nc2s1. The molecule has 3 aromatic rings. The van der Waals surface area contributed by atoms with E-state index in [2.05, 4.69) is 18.3 Å². The Bertz CT molecular complexity index is 924. The fourth-order valence-electron chi connectivity index (χ4n) is 2.99. The molecule has 0 saturated heterocycles. The van der Waals surface area contributed by atoms with Gasteiger partial charge in [-0.3, -0.25) is 0 Å². The van der Waals surface area contributed by atoms with Crippen molar-refractivity contribution in [1.82, 2.24) is 9.97 Å². The molecule has 5 nitrogen and oxygen atoms in total. The first kappa shape index (κ1) is 19.3. The maximum atomic E-state index is 11.8. The van der Waals surface area contributed by atoms with Crippen LogP contribution < -0.4 is 5.32 Å². The number of aliphatic carboxylic acids is 1. The Balaban J connectivity index is 2.02. The topological polar surface area (TPSA) is 75.1 Å². The van der Waals surface area contributed by atoms with Gasteiger partial charge >= 0.3 is 5.97 Å². The zero-order chi connectivity index (χ0) is 19.4. The highest BCUT2D eigenvalue weighted by atomic mass is 32.1. The Morgan fingerprint density at radius 2 is 1.96 bits per heavy atom. The predicted molar refractivity (Wildman–Crippen MR) is 111 cm³/mol. The molecular formula is C21H25N3O2S. The Labute approximate surface area is 163 Å². The third-order valence-corrected chi connectivity index (χ3v) is 5.99. The Kier molecular flexibility index (Phi) is 6.06. The van der Waals surface area contributed by atoms with Gasteiger partial charge in [0.2, 0.25) is 0 Å². The second-order valence-electron chi connectivity index (χ2n) is 6.78. The maximum Gasteiger partial charge on any atom is 0.326 e. The largest absolute Gasteiger partial charge is 0.480 e. The molecule has 2 N–H and O–H groups in total. The third-order valence-electron chi connectivity index (χ3n) is 4.81. The molecule has 0 radical (unpaired) electrons. The molecule has 0 saturated carbocycles. The molecule has 2 aromatic heterocycles. The second-order valence-corrected chi connectivity index (χ2v) is 7.90. The number of hydrogen-bond acceptors (Lipinski definition) is 5. The average Bonchev–Trinajstić information content (AvgIpc) is 3.09. The molecule has 142 valence electrons. The van der Waals surface area contributed by atoms with Crippen molar-refractivity contribution >= 4 is 33.3 Å². The summed E-state index contributed by atoms with van der Waals surface area (Å²) in [5, 5.41) is 13.8. The zero-order valence-electron chi connectivity index (χ0n) is 15.9. The lowest BCUT2D eigenvalue weighted by Gasteiger charge is -2.21. The summed E-state index contributed by atoms with van der Waals surface area (Å²) in [4.78, 5) is 23.3. The molecule has 1 aromatic carbocycles. The number of nitrogens with zero attached hydrogens (tertiary/aromatic N) is 2. The van der Waals surface area contributed by atoms with Gasteiger partial charge in [0, 0.05) is 11.3 Å². The molecule has 0 spiro atoms. The van der Waals surface area contributed by atoms with Crippen LogP contribution in [0.2, 0.25) is 0 Å². The minimum Gasteiger partial charge on any atom is -0.480 e. The summed E-state index contributed by atoms with van der Waals surface area (Å²) < 4.78 is 0. The summed E-state index contributed by atoms with van der Waals surface area (Å²) in [7, 11) is 0. The normalized spacial score (nSPS) is 13.4. The van der Waals surface area contributed by atoms with E-state index in [1.54, 1.807) is 11.3 Å². The molecule has 0 aliphatic heterocycles. The van der Waals surface area contributed by atoms with Crippen molar-refractivity contribution in [2.24, 2.45) is 5.92 Å². The van der Waals surface area contributed by atoms with Crippen LogP contribution in [0.15, 0.2) is 36.4 Å². The number of aryl methyl sites for hydroxylation is 1. The van der Waals surface area contributed by atoms with Crippen LogP contribution in [0.4, 0.5) is 5.82 Å². The zero-order valence-corrected chi connectivity index (χ0v) is 16.7. The minimum absolute atomic E-state index is 0.00521. The van der Waals surface area contributed by atoms with Gasteiger partial charge in [0.15, 0.2) is 0 Å². The van der Waals surface area contributed by atoms with E-state index >= 15 is 0 Å². The van der Waals surface area contributed by atoms with Gasteiger partial charge in [0.25, 0.3) is 0 Å². The second kappa shape index (κ2) is 8.48. The standard InChI is InChI=1S/C21H25N3O2S/c1-4-13(3)18(21(25)26)24-19-16-12-15(5-2)27-20(16)23-17(22-19)11-14-9-7-6-8-10-14/h6-10,12-13,18H,4-5,11H2,1-3H3,(H,25,26)(H,22,23,24). The van der Waals surface area contributed by atoms with Crippen molar-refractivity contribution in [3.05, 3.63) is 52.7 Å². The van der Waals surface area contributed by atoms with Gasteiger partial charge in [-0.25, -0.2) is 14.8 Å². The smallest absolute Gasteiger partial charge is 0.326 e. The number of anilines is 1. The van der Waals surface area contributed by atoms with E-state index in [1.165, 1.54) is 4.88 Å². The van der Waals surface area contributed by atoms with E-state index < -0.39 is 12.0 Å². The Morgan fingerprint density at radius 1 is 1.22 bits per heavy atom. The number of fused-ring (bicyclic) bond motifs is 1. The molecule has 2 atom stereocenters.